The van der Waals surface area contributed by atoms with Crippen LogP contribution in [-0.4, -0.2) is 31.2 Å². The standard InChI is InChI=1S/C13H15BrO4/c1-17-11-8(7-15)5-10(14)9(12(11)18-2)6-13(16)3-4-13/h5,7,16H,3-4,6H2,1-2H3. The predicted octanol–water partition coefficient (Wildman–Crippen LogP) is 2.35. The molecule has 4 nitrogen and oxygen atoms in total. The van der Waals surface area contributed by atoms with Gasteiger partial charge in [-0.2, -0.15) is 0 Å². The van der Waals surface area contributed by atoms with Crippen LogP contribution in [0.15, 0.2) is 10.5 Å². The van der Waals surface area contributed by atoms with Crippen molar-refractivity contribution in [2.45, 2.75) is 24.9 Å². The number of halogens is 1. The van der Waals surface area contributed by atoms with Crippen molar-refractivity contribution in [1.82, 2.24) is 0 Å². The van der Waals surface area contributed by atoms with E-state index < -0.39 is 5.60 Å². The number of ether oxygens (including phenoxy) is 2. The smallest absolute Gasteiger partial charge is 0.171 e. The predicted molar refractivity (Wildman–Crippen MR) is 70.5 cm³/mol. The maximum Gasteiger partial charge on any atom is 0.171 e. The van der Waals surface area contributed by atoms with Crippen LogP contribution >= 0.6 is 15.9 Å². The Bertz CT molecular complexity index is 480. The summed E-state index contributed by atoms with van der Waals surface area (Å²) in [5, 5.41) is 10.0. The molecule has 0 atom stereocenters. The topological polar surface area (TPSA) is 55.8 Å². The van der Waals surface area contributed by atoms with Crippen molar-refractivity contribution in [2.75, 3.05) is 14.2 Å². The van der Waals surface area contributed by atoms with Gasteiger partial charge < -0.3 is 14.6 Å². The van der Waals surface area contributed by atoms with Gasteiger partial charge in [0.2, 0.25) is 0 Å². The lowest BCUT2D eigenvalue weighted by Crippen LogP contribution is -2.13. The van der Waals surface area contributed by atoms with Crippen molar-refractivity contribution in [1.29, 1.82) is 0 Å². The molecule has 1 N–H and O–H groups in total. The molecule has 5 heteroatoms. The van der Waals surface area contributed by atoms with Gasteiger partial charge in [-0.15, -0.1) is 0 Å². The van der Waals surface area contributed by atoms with Crippen LogP contribution in [-0.2, 0) is 6.42 Å². The number of rotatable bonds is 5. The molecule has 1 aliphatic rings. The molecule has 0 aromatic heterocycles. The van der Waals surface area contributed by atoms with Crippen LogP contribution in [0.1, 0.15) is 28.8 Å². The molecule has 0 amide bonds. The van der Waals surface area contributed by atoms with Gasteiger partial charge in [-0.25, -0.2) is 0 Å². The SMILES string of the molecule is COc1c(C=O)cc(Br)c(CC2(O)CC2)c1OC. The van der Waals surface area contributed by atoms with Crippen molar-refractivity contribution in [3.8, 4) is 11.5 Å². The summed E-state index contributed by atoms with van der Waals surface area (Å²) in [6.07, 6.45) is 2.80. The van der Waals surface area contributed by atoms with E-state index in [0.717, 1.165) is 29.2 Å². The van der Waals surface area contributed by atoms with Crippen molar-refractivity contribution in [3.05, 3.63) is 21.7 Å². The van der Waals surface area contributed by atoms with E-state index in [9.17, 15) is 9.90 Å². The van der Waals surface area contributed by atoms with Gasteiger partial charge in [-0.3, -0.25) is 4.79 Å². The monoisotopic (exact) mass is 314 g/mol. The molecule has 2 rings (SSSR count). The summed E-state index contributed by atoms with van der Waals surface area (Å²) >= 11 is 3.42. The number of aliphatic hydroxyl groups is 1. The van der Waals surface area contributed by atoms with Gasteiger partial charge >= 0.3 is 0 Å². The van der Waals surface area contributed by atoms with Crippen LogP contribution in [0.25, 0.3) is 0 Å². The summed E-state index contributed by atoms with van der Waals surface area (Å²) in [7, 11) is 3.02. The first-order valence-corrected chi connectivity index (χ1v) is 6.45. The van der Waals surface area contributed by atoms with Crippen molar-refractivity contribution >= 4 is 22.2 Å². The number of aldehydes is 1. The van der Waals surface area contributed by atoms with Crippen molar-refractivity contribution in [3.63, 3.8) is 0 Å². The van der Waals surface area contributed by atoms with Crippen molar-refractivity contribution in [2.24, 2.45) is 0 Å². The Labute approximate surface area is 114 Å². The molecule has 1 aromatic rings. The quantitative estimate of drug-likeness (QED) is 0.848. The molecule has 0 unspecified atom stereocenters. The molecule has 1 saturated carbocycles. The second kappa shape index (κ2) is 4.90. The van der Waals surface area contributed by atoms with Crippen LogP contribution < -0.4 is 9.47 Å². The fourth-order valence-electron chi connectivity index (χ4n) is 1.99. The number of benzene rings is 1. The minimum atomic E-state index is -0.635. The lowest BCUT2D eigenvalue weighted by atomic mass is 10.0. The summed E-state index contributed by atoms with van der Waals surface area (Å²) < 4.78 is 11.3. The summed E-state index contributed by atoms with van der Waals surface area (Å²) in [6, 6.07) is 1.69. The molecule has 18 heavy (non-hydrogen) atoms. The lowest BCUT2D eigenvalue weighted by Gasteiger charge is -2.18. The summed E-state index contributed by atoms with van der Waals surface area (Å²) in [6.45, 7) is 0. The number of hydrogen-bond acceptors (Lipinski definition) is 4. The number of methoxy groups -OCH3 is 2. The second-order valence-corrected chi connectivity index (χ2v) is 5.37. The Morgan fingerprint density at radius 3 is 2.44 bits per heavy atom. The molecule has 98 valence electrons. The van der Waals surface area contributed by atoms with Gasteiger partial charge in [-0.05, 0) is 18.9 Å². The number of hydrogen-bond donors (Lipinski definition) is 1. The van der Waals surface area contributed by atoms with E-state index >= 15 is 0 Å². The zero-order valence-electron chi connectivity index (χ0n) is 10.3. The second-order valence-electron chi connectivity index (χ2n) is 4.51. The van der Waals surface area contributed by atoms with E-state index in [-0.39, 0.29) is 0 Å². The highest BCUT2D eigenvalue weighted by molar-refractivity contribution is 9.10. The highest BCUT2D eigenvalue weighted by Crippen LogP contribution is 2.45. The van der Waals surface area contributed by atoms with Gasteiger partial charge in [0.05, 0.1) is 25.4 Å². The molecule has 1 aliphatic carbocycles. The van der Waals surface area contributed by atoms with Crippen LogP contribution in [0.5, 0.6) is 11.5 Å². The lowest BCUT2D eigenvalue weighted by molar-refractivity contribution is 0.112. The van der Waals surface area contributed by atoms with Gasteiger partial charge in [0.25, 0.3) is 0 Å². The molecule has 0 saturated heterocycles. The first-order valence-electron chi connectivity index (χ1n) is 5.65. The van der Waals surface area contributed by atoms with Crippen molar-refractivity contribution < 1.29 is 19.4 Å². The van der Waals surface area contributed by atoms with Crippen LogP contribution in [0, 0.1) is 0 Å². The molecule has 1 fully saturated rings. The van der Waals surface area contributed by atoms with Gasteiger partial charge in [-0.1, -0.05) is 15.9 Å². The minimum absolute atomic E-state index is 0.412. The zero-order chi connectivity index (χ0) is 13.3. The third-order valence-electron chi connectivity index (χ3n) is 3.18. The normalized spacial score (nSPS) is 16.2. The summed E-state index contributed by atoms with van der Waals surface area (Å²) in [4.78, 5) is 11.0. The fraction of sp³-hybridized carbons (Fsp3) is 0.462. The van der Waals surface area contributed by atoms with E-state index in [0.29, 0.717) is 23.5 Å². The molecular formula is C13H15BrO4. The minimum Gasteiger partial charge on any atom is -0.493 e. The summed E-state index contributed by atoms with van der Waals surface area (Å²) in [5.74, 6) is 0.921. The maximum atomic E-state index is 11.0. The molecule has 0 bridgehead atoms. The summed E-state index contributed by atoms with van der Waals surface area (Å²) in [5.41, 5.74) is 0.622. The molecule has 1 aromatic carbocycles. The Hall–Kier alpha value is -1.07. The molecular weight excluding hydrogens is 300 g/mol. The third-order valence-corrected chi connectivity index (χ3v) is 3.89. The Morgan fingerprint density at radius 1 is 1.39 bits per heavy atom. The average molecular weight is 315 g/mol. The van der Waals surface area contributed by atoms with Crippen LogP contribution in [0.3, 0.4) is 0 Å². The maximum absolute atomic E-state index is 11.0. The third kappa shape index (κ3) is 2.37. The van der Waals surface area contributed by atoms with E-state index in [1.54, 1.807) is 6.07 Å². The van der Waals surface area contributed by atoms with Crippen LogP contribution in [0.2, 0.25) is 0 Å². The number of carbonyl (C=O) groups excluding carboxylic acids is 1. The molecule has 0 radical (unpaired) electrons. The van der Waals surface area contributed by atoms with E-state index in [2.05, 4.69) is 15.9 Å². The Kier molecular flexibility index (Phi) is 3.64. The first-order chi connectivity index (χ1) is 8.54. The van der Waals surface area contributed by atoms with Gasteiger partial charge in [0.15, 0.2) is 17.8 Å². The zero-order valence-corrected chi connectivity index (χ0v) is 11.9. The fourth-order valence-corrected chi connectivity index (χ4v) is 2.56. The van der Waals surface area contributed by atoms with E-state index in [1.165, 1.54) is 14.2 Å². The van der Waals surface area contributed by atoms with Gasteiger partial charge in [0, 0.05) is 16.5 Å². The molecule has 0 heterocycles. The first kappa shape index (κ1) is 13.4. The highest BCUT2D eigenvalue weighted by Gasteiger charge is 2.41. The largest absolute Gasteiger partial charge is 0.493 e. The Balaban J connectivity index is 2.52. The molecule has 0 spiro atoms. The van der Waals surface area contributed by atoms with E-state index in [4.69, 9.17) is 9.47 Å². The average Bonchev–Trinajstić information content (AvgIpc) is 3.08. The van der Waals surface area contributed by atoms with E-state index in [1.807, 2.05) is 0 Å². The van der Waals surface area contributed by atoms with Crippen LogP contribution in [0.4, 0.5) is 0 Å². The number of carbonyl (C=O) groups is 1. The Morgan fingerprint density at radius 2 is 2.00 bits per heavy atom. The highest BCUT2D eigenvalue weighted by atomic mass is 79.9. The van der Waals surface area contributed by atoms with Gasteiger partial charge in [0.1, 0.15) is 0 Å². The molecule has 0 aliphatic heterocycles.